The third-order valence-electron chi connectivity index (χ3n) is 7.18. The number of hydrogen-bond acceptors (Lipinski definition) is 5. The number of nitrogens with one attached hydrogen (secondary N) is 1. The van der Waals surface area contributed by atoms with Crippen LogP contribution in [0.4, 0.5) is 0 Å². The molecule has 2 aliphatic carbocycles. The van der Waals surface area contributed by atoms with E-state index in [-0.39, 0.29) is 35.3 Å². The van der Waals surface area contributed by atoms with Gasteiger partial charge in [-0.25, -0.2) is 13.1 Å². The smallest absolute Gasteiger partial charge is 0.237 e. The van der Waals surface area contributed by atoms with Crippen LogP contribution in [0.2, 0.25) is 0 Å². The molecule has 1 aliphatic heterocycles. The largest absolute Gasteiger partial charge is 0.337 e. The standard InChI is InChI=1S/C19H26N2O4S2/c1-18(2)14-3-6-19(18,16(22)9-14)12-27(24,25)20-10-17(23)21-7-4-15-13(11-21)5-8-26-15/h5,8,14,20H,3-4,6-7,9-12H2,1-2H3. The first kappa shape index (κ1) is 19.1. The number of nitrogens with zero attached hydrogens (tertiary/aromatic N) is 1. The number of thiophene rings is 1. The zero-order valence-corrected chi connectivity index (χ0v) is 17.4. The van der Waals surface area contributed by atoms with Gasteiger partial charge in [0.15, 0.2) is 0 Å². The minimum Gasteiger partial charge on any atom is -0.337 e. The predicted octanol–water partition coefficient (Wildman–Crippen LogP) is 1.95. The zero-order valence-electron chi connectivity index (χ0n) is 15.8. The molecule has 2 unspecified atom stereocenters. The SMILES string of the molecule is CC1(C)C2CCC1(CS(=O)(=O)NCC(=O)N1CCc3sccc3C1)C(=O)C2. The number of hydrogen-bond donors (Lipinski definition) is 1. The summed E-state index contributed by atoms with van der Waals surface area (Å²) in [6.45, 7) is 4.95. The molecule has 27 heavy (non-hydrogen) atoms. The highest BCUT2D eigenvalue weighted by molar-refractivity contribution is 7.89. The number of sulfonamides is 1. The van der Waals surface area contributed by atoms with Crippen molar-refractivity contribution in [3.05, 3.63) is 21.9 Å². The van der Waals surface area contributed by atoms with Gasteiger partial charge >= 0.3 is 0 Å². The van der Waals surface area contributed by atoms with Crippen LogP contribution in [0, 0.1) is 16.7 Å². The Morgan fingerprint density at radius 1 is 1.41 bits per heavy atom. The van der Waals surface area contributed by atoms with Gasteiger partial charge in [0.25, 0.3) is 0 Å². The van der Waals surface area contributed by atoms with Gasteiger partial charge in [-0.15, -0.1) is 11.3 Å². The summed E-state index contributed by atoms with van der Waals surface area (Å²) in [5.74, 6) is -0.0738. The molecule has 2 saturated carbocycles. The van der Waals surface area contributed by atoms with E-state index >= 15 is 0 Å². The molecule has 0 aromatic carbocycles. The fraction of sp³-hybridized carbons (Fsp3) is 0.684. The highest BCUT2D eigenvalue weighted by Gasteiger charge is 2.65. The van der Waals surface area contributed by atoms with Crippen molar-refractivity contribution in [2.24, 2.45) is 16.7 Å². The van der Waals surface area contributed by atoms with Crippen LogP contribution in [0.3, 0.4) is 0 Å². The van der Waals surface area contributed by atoms with E-state index in [1.54, 1.807) is 16.2 Å². The van der Waals surface area contributed by atoms with E-state index in [0.29, 0.717) is 25.9 Å². The highest BCUT2D eigenvalue weighted by atomic mass is 32.2. The van der Waals surface area contributed by atoms with Crippen molar-refractivity contribution in [3.63, 3.8) is 0 Å². The van der Waals surface area contributed by atoms with Crippen LogP contribution in [0.25, 0.3) is 0 Å². The number of fused-ring (bicyclic) bond motifs is 3. The van der Waals surface area contributed by atoms with E-state index in [1.807, 2.05) is 25.3 Å². The van der Waals surface area contributed by atoms with Crippen molar-refractivity contribution in [2.45, 2.75) is 46.1 Å². The van der Waals surface area contributed by atoms with Crippen LogP contribution >= 0.6 is 11.3 Å². The first-order valence-electron chi connectivity index (χ1n) is 9.48. The average molecular weight is 411 g/mol. The topological polar surface area (TPSA) is 83.6 Å². The van der Waals surface area contributed by atoms with Crippen molar-refractivity contribution in [1.29, 1.82) is 0 Å². The van der Waals surface area contributed by atoms with E-state index in [1.165, 1.54) is 4.88 Å². The molecular weight excluding hydrogens is 384 g/mol. The first-order valence-corrected chi connectivity index (χ1v) is 12.0. The molecule has 0 radical (unpaired) electrons. The summed E-state index contributed by atoms with van der Waals surface area (Å²) in [4.78, 5) is 28.1. The van der Waals surface area contributed by atoms with Crippen LogP contribution < -0.4 is 4.72 Å². The van der Waals surface area contributed by atoms with Crippen molar-refractivity contribution in [2.75, 3.05) is 18.8 Å². The maximum Gasteiger partial charge on any atom is 0.237 e. The van der Waals surface area contributed by atoms with E-state index in [9.17, 15) is 18.0 Å². The molecule has 2 fully saturated rings. The Hall–Kier alpha value is -1.25. The Bertz CT molecular complexity index is 889. The quantitative estimate of drug-likeness (QED) is 0.804. The number of rotatable bonds is 5. The fourth-order valence-electron chi connectivity index (χ4n) is 5.23. The zero-order chi connectivity index (χ0) is 19.4. The van der Waals surface area contributed by atoms with Crippen LogP contribution in [0.15, 0.2) is 11.4 Å². The van der Waals surface area contributed by atoms with Gasteiger partial charge in [-0.3, -0.25) is 9.59 Å². The minimum absolute atomic E-state index is 0.0708. The molecule has 4 rings (SSSR count). The molecule has 8 heteroatoms. The first-order chi connectivity index (χ1) is 12.6. The highest BCUT2D eigenvalue weighted by Crippen LogP contribution is 2.64. The Balaban J connectivity index is 1.40. The monoisotopic (exact) mass is 410 g/mol. The second-order valence-corrected chi connectivity index (χ2v) is 11.5. The summed E-state index contributed by atoms with van der Waals surface area (Å²) in [7, 11) is -3.71. The van der Waals surface area contributed by atoms with Gasteiger partial charge in [-0.1, -0.05) is 13.8 Å². The van der Waals surface area contributed by atoms with Crippen LogP contribution in [0.5, 0.6) is 0 Å². The van der Waals surface area contributed by atoms with Crippen LogP contribution in [-0.2, 0) is 32.6 Å². The third kappa shape index (κ3) is 3.06. The van der Waals surface area contributed by atoms with Gasteiger partial charge in [0.2, 0.25) is 15.9 Å². The maximum absolute atomic E-state index is 12.7. The second-order valence-electron chi connectivity index (χ2n) is 8.68. The Labute approximate surface area is 164 Å². The van der Waals surface area contributed by atoms with Gasteiger partial charge in [0.05, 0.1) is 12.3 Å². The van der Waals surface area contributed by atoms with Gasteiger partial charge in [-0.2, -0.15) is 0 Å². The lowest BCUT2D eigenvalue weighted by Crippen LogP contribution is -2.48. The van der Waals surface area contributed by atoms with Gasteiger partial charge in [0, 0.05) is 29.8 Å². The Morgan fingerprint density at radius 3 is 2.85 bits per heavy atom. The lowest BCUT2D eigenvalue weighted by Gasteiger charge is -2.36. The lowest BCUT2D eigenvalue weighted by atomic mass is 9.70. The molecule has 1 amide bonds. The van der Waals surface area contributed by atoms with Crippen molar-refractivity contribution < 1.29 is 18.0 Å². The predicted molar refractivity (Wildman–Crippen MR) is 104 cm³/mol. The fourth-order valence-corrected chi connectivity index (χ4v) is 7.89. The molecule has 2 bridgehead atoms. The number of Topliss-reactive ketones (excluding diaryl/α,β-unsaturated/α-hetero) is 1. The minimum atomic E-state index is -3.71. The van der Waals surface area contributed by atoms with E-state index in [0.717, 1.165) is 18.4 Å². The van der Waals surface area contributed by atoms with Crippen LogP contribution in [-0.4, -0.2) is 43.9 Å². The summed E-state index contributed by atoms with van der Waals surface area (Å²) in [6.07, 6.45) is 2.84. The summed E-state index contributed by atoms with van der Waals surface area (Å²) < 4.78 is 27.9. The molecule has 2 atom stereocenters. The molecule has 1 aromatic heterocycles. The summed E-state index contributed by atoms with van der Waals surface area (Å²) in [5.41, 5.74) is 0.0468. The Kier molecular flexibility index (Phi) is 4.51. The summed E-state index contributed by atoms with van der Waals surface area (Å²) in [6, 6.07) is 2.02. The number of ketones is 1. The van der Waals surface area contributed by atoms with E-state index in [4.69, 9.17) is 0 Å². The van der Waals surface area contributed by atoms with Crippen LogP contribution in [0.1, 0.15) is 43.6 Å². The molecule has 0 saturated heterocycles. The molecule has 148 valence electrons. The number of carbonyl (C=O) groups is 2. The molecule has 3 aliphatic rings. The van der Waals surface area contributed by atoms with E-state index in [2.05, 4.69) is 4.72 Å². The van der Waals surface area contributed by atoms with Crippen molar-refractivity contribution >= 4 is 33.1 Å². The molecule has 0 spiro atoms. The second kappa shape index (κ2) is 6.39. The van der Waals surface area contributed by atoms with Crippen molar-refractivity contribution in [1.82, 2.24) is 9.62 Å². The van der Waals surface area contributed by atoms with Gasteiger partial charge in [0.1, 0.15) is 5.78 Å². The molecule has 6 nitrogen and oxygen atoms in total. The summed E-state index contributed by atoms with van der Waals surface area (Å²) in [5, 5.41) is 2.02. The average Bonchev–Trinajstić information content (AvgIpc) is 3.21. The van der Waals surface area contributed by atoms with E-state index < -0.39 is 15.4 Å². The third-order valence-corrected chi connectivity index (χ3v) is 9.66. The number of carbonyl (C=O) groups excluding carboxylic acids is 2. The molecular formula is C19H26N2O4S2. The number of amides is 1. The van der Waals surface area contributed by atoms with Crippen molar-refractivity contribution in [3.8, 4) is 0 Å². The normalized spacial score (nSPS) is 29.2. The Morgan fingerprint density at radius 2 is 2.19 bits per heavy atom. The lowest BCUT2D eigenvalue weighted by molar-refractivity contribution is -0.130. The molecule has 1 N–H and O–H groups in total. The molecule has 2 heterocycles. The molecule has 1 aromatic rings. The summed E-state index contributed by atoms with van der Waals surface area (Å²) >= 11 is 1.70. The van der Waals surface area contributed by atoms with Gasteiger partial charge in [-0.05, 0) is 47.6 Å². The van der Waals surface area contributed by atoms with Gasteiger partial charge < -0.3 is 4.90 Å². The maximum atomic E-state index is 12.7.